The van der Waals surface area contributed by atoms with Crippen LogP contribution in [0, 0.1) is 80.8 Å². The Labute approximate surface area is 299 Å². The van der Waals surface area contributed by atoms with Gasteiger partial charge in [0.15, 0.2) is 58.2 Å². The second kappa shape index (κ2) is 13.5. The predicted molar refractivity (Wildman–Crippen MR) is 155 cm³/mol. The van der Waals surface area contributed by atoms with Crippen molar-refractivity contribution in [3.05, 3.63) is 151 Å². The van der Waals surface area contributed by atoms with Crippen LogP contribution in [0.25, 0.3) is 22.3 Å². The number of halogens is 16. The van der Waals surface area contributed by atoms with E-state index in [0.29, 0.717) is 24.8 Å². The van der Waals surface area contributed by atoms with Gasteiger partial charge in [-0.15, -0.1) is 0 Å². The van der Waals surface area contributed by atoms with E-state index in [4.69, 9.17) is 0 Å². The molecule has 4 aromatic rings. The molecule has 22 heteroatoms. The molecule has 0 fully saturated rings. The van der Waals surface area contributed by atoms with Crippen molar-refractivity contribution in [1.82, 2.24) is 19.9 Å². The quantitative estimate of drug-likeness (QED) is 0.0884. The summed E-state index contributed by atoms with van der Waals surface area (Å²) < 4.78 is 241. The second-order valence-corrected chi connectivity index (χ2v) is 11.0. The van der Waals surface area contributed by atoms with Crippen molar-refractivity contribution in [3.63, 3.8) is 0 Å². The van der Waals surface area contributed by atoms with Crippen molar-refractivity contribution in [1.29, 1.82) is 10.5 Å². The molecule has 284 valence electrons. The molecule has 2 aromatic heterocycles. The zero-order chi connectivity index (χ0) is 41.3. The van der Waals surface area contributed by atoms with Crippen LogP contribution in [0.4, 0.5) is 70.2 Å². The highest BCUT2D eigenvalue weighted by molar-refractivity contribution is 6.14. The molecular weight excluding hydrogens is 796 g/mol. The lowest BCUT2D eigenvalue weighted by Crippen LogP contribution is -2.19. The highest BCUT2D eigenvalue weighted by atomic mass is 19.4. The van der Waals surface area contributed by atoms with E-state index < -0.39 is 149 Å². The lowest BCUT2D eigenvalue weighted by molar-refractivity contribution is -0.0902. The fourth-order valence-corrected chi connectivity index (χ4v) is 5.99. The Balaban J connectivity index is 2.03. The number of allylic oxidation sites excluding steroid dienone is 10. The van der Waals surface area contributed by atoms with Gasteiger partial charge in [-0.25, -0.2) is 63.8 Å². The maximum absolute atomic E-state index is 15.5. The van der Waals surface area contributed by atoms with Gasteiger partial charge in [-0.1, -0.05) is 0 Å². The van der Waals surface area contributed by atoms with E-state index in [0.717, 1.165) is 24.3 Å². The van der Waals surface area contributed by atoms with Crippen molar-refractivity contribution >= 4 is 22.3 Å². The second-order valence-electron chi connectivity index (χ2n) is 11.0. The Hall–Kier alpha value is -6.84. The predicted octanol–water partition coefficient (Wildman–Crippen LogP) is 9.27. The average Bonchev–Trinajstić information content (AvgIpc) is 3.69. The number of rotatable bonds is 4. The largest absolute Gasteiger partial charge is 0.417 e. The lowest BCUT2D eigenvalue weighted by atomic mass is 9.85. The molecule has 0 unspecified atom stereocenters. The molecule has 0 aliphatic heterocycles. The SMILES string of the molecule is N#C/C(=C1C2=C(C(C(F)(F)F)=C/1c1ncccn1)/C(=C(/C#N)c1c(F)c(F)c(F)c(F)c1F)C(c1ncccn1)=C2C(F)(F)F)c1c(F)c(F)c(F)c(F)c1F. The molecule has 2 heterocycles. The van der Waals surface area contributed by atoms with Crippen LogP contribution < -0.4 is 0 Å². The van der Waals surface area contributed by atoms with E-state index in [-0.39, 0.29) is 0 Å². The van der Waals surface area contributed by atoms with Crippen molar-refractivity contribution in [2.24, 2.45) is 0 Å². The van der Waals surface area contributed by atoms with E-state index in [2.05, 4.69) is 19.9 Å². The summed E-state index contributed by atoms with van der Waals surface area (Å²) in [6.45, 7) is 0. The number of aromatic nitrogens is 4. The Morgan fingerprint density at radius 3 is 0.893 bits per heavy atom. The van der Waals surface area contributed by atoms with Gasteiger partial charge >= 0.3 is 12.4 Å². The molecule has 2 aromatic carbocycles. The molecule has 0 atom stereocenters. The first-order chi connectivity index (χ1) is 26.2. The molecular formula is C34H6F16N6. The third kappa shape index (κ3) is 5.67. The van der Waals surface area contributed by atoms with Gasteiger partial charge in [-0.05, 0) is 12.1 Å². The smallest absolute Gasteiger partial charge is 0.237 e. The van der Waals surface area contributed by atoms with E-state index in [1.165, 1.54) is 0 Å². The van der Waals surface area contributed by atoms with Crippen molar-refractivity contribution in [3.8, 4) is 12.1 Å². The van der Waals surface area contributed by atoms with Gasteiger partial charge in [0.2, 0.25) is 11.6 Å². The number of nitrogens with zero attached hydrogens (tertiary/aromatic N) is 6. The van der Waals surface area contributed by atoms with Gasteiger partial charge in [-0.2, -0.15) is 36.9 Å². The minimum atomic E-state index is -6.15. The van der Waals surface area contributed by atoms with Crippen LogP contribution in [-0.2, 0) is 0 Å². The molecule has 2 aliphatic carbocycles. The molecule has 0 N–H and O–H groups in total. The monoisotopic (exact) mass is 802 g/mol. The van der Waals surface area contributed by atoms with Crippen LogP contribution in [0.1, 0.15) is 22.8 Å². The van der Waals surface area contributed by atoms with Gasteiger partial charge in [0.05, 0.1) is 33.4 Å². The minimum Gasteiger partial charge on any atom is -0.237 e. The van der Waals surface area contributed by atoms with Crippen LogP contribution in [0.3, 0.4) is 0 Å². The first kappa shape index (κ1) is 38.9. The van der Waals surface area contributed by atoms with Crippen LogP contribution >= 0.6 is 0 Å². The first-order valence-corrected chi connectivity index (χ1v) is 14.5. The fraction of sp³-hybridized carbons (Fsp3) is 0.0588. The highest BCUT2D eigenvalue weighted by Gasteiger charge is 2.58. The van der Waals surface area contributed by atoms with E-state index in [1.54, 1.807) is 0 Å². The van der Waals surface area contributed by atoms with Crippen LogP contribution in [0.2, 0.25) is 0 Å². The molecule has 0 amide bonds. The van der Waals surface area contributed by atoms with Crippen LogP contribution in [0.5, 0.6) is 0 Å². The number of hydrogen-bond donors (Lipinski definition) is 0. The first-order valence-electron chi connectivity index (χ1n) is 14.5. The summed E-state index contributed by atoms with van der Waals surface area (Å²) in [7, 11) is 0. The number of hydrogen-bond acceptors (Lipinski definition) is 6. The summed E-state index contributed by atoms with van der Waals surface area (Å²) in [5, 5.41) is 20.4. The van der Waals surface area contributed by atoms with E-state index in [9.17, 15) is 36.9 Å². The maximum atomic E-state index is 15.5. The van der Waals surface area contributed by atoms with Gasteiger partial charge in [0.1, 0.15) is 12.1 Å². The molecule has 0 spiro atoms. The minimum absolute atomic E-state index is 0.644. The summed E-state index contributed by atoms with van der Waals surface area (Å²) in [4.78, 5) is 13.9. The Bertz CT molecular complexity index is 2420. The summed E-state index contributed by atoms with van der Waals surface area (Å²) in [5.74, 6) is -31.6. The molecule has 0 bridgehead atoms. The van der Waals surface area contributed by atoms with E-state index in [1.807, 2.05) is 0 Å². The van der Waals surface area contributed by atoms with Crippen molar-refractivity contribution in [2.45, 2.75) is 12.4 Å². The average molecular weight is 802 g/mol. The van der Waals surface area contributed by atoms with Crippen LogP contribution in [-0.4, -0.2) is 32.3 Å². The molecule has 6 rings (SSSR count). The molecule has 0 saturated carbocycles. The number of alkyl halides is 6. The normalized spacial score (nSPS) is 16.4. The Morgan fingerprint density at radius 2 is 0.661 bits per heavy atom. The zero-order valence-corrected chi connectivity index (χ0v) is 26.2. The summed E-state index contributed by atoms with van der Waals surface area (Å²) >= 11 is 0. The third-order valence-corrected chi connectivity index (χ3v) is 8.04. The van der Waals surface area contributed by atoms with Crippen LogP contribution in [0.15, 0.2) is 70.4 Å². The third-order valence-electron chi connectivity index (χ3n) is 8.04. The van der Waals surface area contributed by atoms with E-state index >= 15 is 43.9 Å². The zero-order valence-electron chi connectivity index (χ0n) is 26.2. The molecule has 56 heavy (non-hydrogen) atoms. The molecule has 2 aliphatic rings. The maximum Gasteiger partial charge on any atom is 0.417 e. The number of benzene rings is 2. The van der Waals surface area contributed by atoms with Crippen molar-refractivity contribution in [2.75, 3.05) is 0 Å². The molecule has 0 radical (unpaired) electrons. The molecule has 0 saturated heterocycles. The highest BCUT2D eigenvalue weighted by Crippen LogP contribution is 2.64. The lowest BCUT2D eigenvalue weighted by Gasteiger charge is -2.21. The molecule has 6 nitrogen and oxygen atoms in total. The van der Waals surface area contributed by atoms with Gasteiger partial charge in [0, 0.05) is 58.2 Å². The topological polar surface area (TPSA) is 99.1 Å². The van der Waals surface area contributed by atoms with Gasteiger partial charge in [0.25, 0.3) is 0 Å². The van der Waals surface area contributed by atoms with Gasteiger partial charge < -0.3 is 0 Å². The standard InChI is InChI=1S/C34H6F16N6/c35-21-13(22(36)26(40)29(43)25(21)39)9(7-51)11-15-16(19(33(45,46)47)17(11)31-53-3-1-4-54-31)12(18(20(15)34(48,49)50)32-55-5-2-6-56-32)10(8-52)14-23(37)27(41)30(44)28(42)24(14)38/h1-6H/b11-9+,12-10+. The summed E-state index contributed by atoms with van der Waals surface area (Å²) in [5.41, 5.74) is -26.0. The summed E-state index contributed by atoms with van der Waals surface area (Å²) in [6, 6.07) is 3.52. The number of nitriles is 2. The van der Waals surface area contributed by atoms with Crippen molar-refractivity contribution < 1.29 is 70.2 Å². The Kier molecular flexibility index (Phi) is 9.35. The summed E-state index contributed by atoms with van der Waals surface area (Å²) in [6.07, 6.45) is -9.73. The Morgan fingerprint density at radius 1 is 0.411 bits per heavy atom. The van der Waals surface area contributed by atoms with Gasteiger partial charge in [-0.3, -0.25) is 0 Å². The fourth-order valence-electron chi connectivity index (χ4n) is 5.99.